The van der Waals surface area contributed by atoms with Crippen LogP contribution in [0.4, 0.5) is 14.6 Å². The Labute approximate surface area is 197 Å². The number of ether oxygens (including phenoxy) is 3. The number of fused-ring (bicyclic) bond motifs is 2. The van der Waals surface area contributed by atoms with E-state index in [9.17, 15) is 13.9 Å². The average molecular weight is 495 g/mol. The van der Waals surface area contributed by atoms with Gasteiger partial charge in [-0.05, 0) is 23.8 Å². The second-order valence-corrected chi connectivity index (χ2v) is 8.36. The maximum Gasteiger partial charge on any atom is 0.296 e. The summed E-state index contributed by atoms with van der Waals surface area (Å²) in [6.45, 7) is 0.00230. The van der Waals surface area contributed by atoms with E-state index in [1.165, 1.54) is 24.3 Å². The van der Waals surface area contributed by atoms with E-state index in [1.54, 1.807) is 6.07 Å². The van der Waals surface area contributed by atoms with Gasteiger partial charge in [-0.15, -0.1) is 0 Å². The van der Waals surface area contributed by atoms with Crippen LogP contribution in [0.2, 0.25) is 5.02 Å². The van der Waals surface area contributed by atoms with Gasteiger partial charge in [-0.25, -0.2) is 13.8 Å². The Bertz CT molecular complexity index is 1220. The lowest BCUT2D eigenvalue weighted by Crippen LogP contribution is -2.34. The SMILES string of the molecule is OC/C=C/c1cc(F)c(CNc2nc3nc(O[C@@H]4COC5[C@H](O)CO[C@@H]54)[nH]c3cc2Cl)c(F)c1. The molecule has 12 heteroatoms. The highest BCUT2D eigenvalue weighted by atomic mass is 35.5. The van der Waals surface area contributed by atoms with E-state index in [1.807, 2.05) is 0 Å². The molecule has 4 heterocycles. The zero-order valence-corrected chi connectivity index (χ0v) is 18.4. The van der Waals surface area contributed by atoms with E-state index in [2.05, 4.69) is 20.3 Å². The molecule has 0 spiro atoms. The lowest BCUT2D eigenvalue weighted by molar-refractivity contribution is 0.00706. The number of H-pyrrole nitrogens is 1. The molecule has 2 saturated heterocycles. The van der Waals surface area contributed by atoms with Crippen molar-refractivity contribution in [1.29, 1.82) is 0 Å². The predicted molar refractivity (Wildman–Crippen MR) is 119 cm³/mol. The van der Waals surface area contributed by atoms with Crippen molar-refractivity contribution < 1.29 is 33.2 Å². The first kappa shape index (κ1) is 22.9. The van der Waals surface area contributed by atoms with Gasteiger partial charge in [-0.3, -0.25) is 0 Å². The number of nitrogens with one attached hydrogen (secondary N) is 2. The number of nitrogens with zero attached hydrogens (tertiary/aromatic N) is 2. The Morgan fingerprint density at radius 3 is 2.71 bits per heavy atom. The Morgan fingerprint density at radius 2 is 1.94 bits per heavy atom. The first-order valence-electron chi connectivity index (χ1n) is 10.6. The zero-order valence-electron chi connectivity index (χ0n) is 17.7. The van der Waals surface area contributed by atoms with E-state index in [4.69, 9.17) is 30.9 Å². The Hall–Kier alpha value is -2.83. The molecule has 2 aliphatic rings. The van der Waals surface area contributed by atoms with Crippen LogP contribution in [0, 0.1) is 11.6 Å². The highest BCUT2D eigenvalue weighted by molar-refractivity contribution is 6.33. The minimum absolute atomic E-state index is 0.179. The third-order valence-electron chi connectivity index (χ3n) is 5.66. The highest BCUT2D eigenvalue weighted by Crippen LogP contribution is 2.31. The normalized spacial score (nSPS) is 24.3. The molecule has 2 fully saturated rings. The lowest BCUT2D eigenvalue weighted by Gasteiger charge is -2.15. The summed E-state index contributed by atoms with van der Waals surface area (Å²) < 4.78 is 45.8. The molecule has 5 rings (SSSR count). The number of benzene rings is 1. The molecule has 2 aromatic heterocycles. The first-order chi connectivity index (χ1) is 16.4. The monoisotopic (exact) mass is 494 g/mol. The largest absolute Gasteiger partial charge is 0.456 e. The molecule has 0 aliphatic carbocycles. The molecule has 180 valence electrons. The smallest absolute Gasteiger partial charge is 0.296 e. The van der Waals surface area contributed by atoms with Crippen molar-refractivity contribution in [2.24, 2.45) is 0 Å². The van der Waals surface area contributed by atoms with Gasteiger partial charge in [0.15, 0.2) is 11.8 Å². The number of hydrogen-bond donors (Lipinski definition) is 4. The molecule has 0 radical (unpaired) electrons. The number of pyridine rings is 1. The van der Waals surface area contributed by atoms with Crippen molar-refractivity contribution in [3.8, 4) is 6.01 Å². The Morgan fingerprint density at radius 1 is 1.18 bits per heavy atom. The van der Waals surface area contributed by atoms with Crippen LogP contribution in [-0.4, -0.2) is 69.4 Å². The molecular formula is C22H21ClF2N4O5. The van der Waals surface area contributed by atoms with Crippen LogP contribution in [0.1, 0.15) is 11.1 Å². The van der Waals surface area contributed by atoms with Crippen molar-refractivity contribution in [1.82, 2.24) is 15.0 Å². The number of imidazole rings is 1. The van der Waals surface area contributed by atoms with E-state index >= 15 is 0 Å². The summed E-state index contributed by atoms with van der Waals surface area (Å²) in [4.78, 5) is 11.6. The third-order valence-corrected chi connectivity index (χ3v) is 5.95. The van der Waals surface area contributed by atoms with Crippen molar-refractivity contribution in [3.05, 3.63) is 52.1 Å². The van der Waals surface area contributed by atoms with Gasteiger partial charge in [0.2, 0.25) is 0 Å². The summed E-state index contributed by atoms with van der Waals surface area (Å²) in [6.07, 6.45) is 0.842. The molecule has 34 heavy (non-hydrogen) atoms. The maximum atomic E-state index is 14.4. The van der Waals surface area contributed by atoms with E-state index < -0.39 is 36.1 Å². The molecule has 4 N–H and O–H groups in total. The molecule has 3 aromatic rings. The van der Waals surface area contributed by atoms with Crippen LogP contribution in [0.5, 0.6) is 6.01 Å². The molecule has 1 unspecified atom stereocenters. The second-order valence-electron chi connectivity index (χ2n) is 7.95. The van der Waals surface area contributed by atoms with Crippen molar-refractivity contribution in [3.63, 3.8) is 0 Å². The Kier molecular flexibility index (Phi) is 6.36. The summed E-state index contributed by atoms with van der Waals surface area (Å²) in [5.74, 6) is -1.29. The summed E-state index contributed by atoms with van der Waals surface area (Å²) in [5, 5.41) is 21.7. The van der Waals surface area contributed by atoms with Crippen molar-refractivity contribution >= 4 is 34.7 Å². The topological polar surface area (TPSA) is 122 Å². The van der Waals surface area contributed by atoms with Gasteiger partial charge in [0, 0.05) is 12.1 Å². The number of aliphatic hydroxyl groups excluding tert-OH is 2. The number of aromatic nitrogens is 3. The summed E-state index contributed by atoms with van der Waals surface area (Å²) >= 11 is 6.30. The van der Waals surface area contributed by atoms with Crippen molar-refractivity contribution in [2.75, 3.05) is 25.1 Å². The minimum atomic E-state index is -0.742. The number of rotatable bonds is 7. The van der Waals surface area contributed by atoms with Gasteiger partial charge >= 0.3 is 0 Å². The fraction of sp³-hybridized carbons (Fsp3) is 0.364. The molecule has 0 saturated carbocycles. The number of hydrogen-bond acceptors (Lipinski definition) is 8. The molecule has 1 aromatic carbocycles. The standard InChI is InChI=1S/C22H21ClF2N4O5/c23-12-6-15-21(29-22(27-15)34-17-9-33-18-16(31)8-32-19(17)18)28-20(12)26-7-11-13(24)4-10(2-1-3-30)5-14(11)25/h1-2,4-6,16-19,30-31H,3,7-9H2,(H2,26,27,28,29)/b2-1+/t16-,17-,18?,19-/m1/s1. The number of halogens is 3. The van der Waals surface area contributed by atoms with Crippen LogP contribution >= 0.6 is 11.6 Å². The van der Waals surface area contributed by atoms with Gasteiger partial charge in [0.1, 0.15) is 35.8 Å². The molecule has 4 atom stereocenters. The lowest BCUT2D eigenvalue weighted by atomic mass is 10.1. The van der Waals surface area contributed by atoms with Gasteiger partial charge in [-0.2, -0.15) is 4.98 Å². The maximum absolute atomic E-state index is 14.4. The predicted octanol–water partition coefficient (Wildman–Crippen LogP) is 2.41. The highest BCUT2D eigenvalue weighted by Gasteiger charge is 2.48. The van der Waals surface area contributed by atoms with Crippen LogP contribution in [0.15, 0.2) is 24.3 Å². The van der Waals surface area contributed by atoms with Crippen LogP contribution in [0.3, 0.4) is 0 Å². The van der Waals surface area contributed by atoms with E-state index in [0.29, 0.717) is 11.1 Å². The van der Waals surface area contributed by atoms with Crippen molar-refractivity contribution in [2.45, 2.75) is 31.0 Å². The fourth-order valence-electron chi connectivity index (χ4n) is 4.01. The molecule has 0 amide bonds. The van der Waals surface area contributed by atoms with Crippen LogP contribution in [-0.2, 0) is 16.0 Å². The van der Waals surface area contributed by atoms with Gasteiger partial charge < -0.3 is 34.7 Å². The summed E-state index contributed by atoms with van der Waals surface area (Å²) in [5.41, 5.74) is 0.909. The fourth-order valence-corrected chi connectivity index (χ4v) is 4.23. The second kappa shape index (κ2) is 9.43. The number of anilines is 1. The van der Waals surface area contributed by atoms with Gasteiger partial charge in [0.25, 0.3) is 6.01 Å². The molecule has 2 aliphatic heterocycles. The Balaban J connectivity index is 1.30. The first-order valence-corrected chi connectivity index (χ1v) is 10.9. The zero-order chi connectivity index (χ0) is 23.8. The van der Waals surface area contributed by atoms with Crippen LogP contribution < -0.4 is 10.1 Å². The molecule has 9 nitrogen and oxygen atoms in total. The summed E-state index contributed by atoms with van der Waals surface area (Å²) in [6, 6.07) is 4.10. The molecule has 0 bridgehead atoms. The van der Waals surface area contributed by atoms with Gasteiger partial charge in [-0.1, -0.05) is 23.8 Å². The quantitative estimate of drug-likeness (QED) is 0.395. The van der Waals surface area contributed by atoms with Gasteiger partial charge in [0.05, 0.1) is 30.4 Å². The minimum Gasteiger partial charge on any atom is -0.456 e. The average Bonchev–Trinajstić information content (AvgIpc) is 3.48. The van der Waals surface area contributed by atoms with E-state index in [0.717, 1.165) is 0 Å². The van der Waals surface area contributed by atoms with Crippen LogP contribution in [0.25, 0.3) is 17.2 Å². The number of aromatic amines is 1. The number of aliphatic hydroxyl groups is 2. The molecular weight excluding hydrogens is 474 g/mol. The summed E-state index contributed by atoms with van der Waals surface area (Å²) in [7, 11) is 0. The third kappa shape index (κ3) is 4.44. The van der Waals surface area contributed by atoms with E-state index in [-0.39, 0.29) is 54.4 Å².